The second kappa shape index (κ2) is 8.35. The van der Waals surface area contributed by atoms with Crippen molar-refractivity contribution in [1.29, 1.82) is 0 Å². The second-order valence-corrected chi connectivity index (χ2v) is 5.73. The Kier molecular flexibility index (Phi) is 7.09. The number of hydrogen-bond donors (Lipinski definition) is 2. The quantitative estimate of drug-likeness (QED) is 0.542. The van der Waals surface area contributed by atoms with Crippen molar-refractivity contribution in [3.63, 3.8) is 0 Å². The Bertz CT molecular complexity index is 247. The predicted octanol–water partition coefficient (Wildman–Crippen LogP) is 2.28. The van der Waals surface area contributed by atoms with Crippen LogP contribution in [0.1, 0.15) is 52.9 Å². The van der Waals surface area contributed by atoms with Crippen LogP contribution < -0.4 is 11.1 Å². The highest BCUT2D eigenvalue weighted by Crippen LogP contribution is 2.11. The molecule has 3 N–H and O–H groups in total. The average molecular weight is 255 g/mol. The number of hydrogen-bond acceptors (Lipinski definition) is 2. The molecule has 0 saturated carbocycles. The van der Waals surface area contributed by atoms with Gasteiger partial charge in [0, 0.05) is 12.6 Å². The molecule has 2 atom stereocenters. The van der Waals surface area contributed by atoms with E-state index in [9.17, 15) is 0 Å². The maximum Gasteiger partial charge on any atom is 0.188 e. The van der Waals surface area contributed by atoms with Crippen molar-refractivity contribution in [2.75, 3.05) is 13.2 Å². The molecule has 1 saturated heterocycles. The van der Waals surface area contributed by atoms with Gasteiger partial charge in [0.25, 0.3) is 0 Å². The summed E-state index contributed by atoms with van der Waals surface area (Å²) in [5.74, 6) is 1.34. The molecule has 1 rings (SSSR count). The zero-order chi connectivity index (χ0) is 13.4. The van der Waals surface area contributed by atoms with Crippen molar-refractivity contribution in [3.8, 4) is 0 Å². The zero-order valence-corrected chi connectivity index (χ0v) is 12.1. The maximum atomic E-state index is 5.87. The predicted molar refractivity (Wildman–Crippen MR) is 76.8 cm³/mol. The third-order valence-corrected chi connectivity index (χ3v) is 3.30. The zero-order valence-electron chi connectivity index (χ0n) is 12.1. The van der Waals surface area contributed by atoms with Gasteiger partial charge in [0.05, 0.1) is 12.6 Å². The van der Waals surface area contributed by atoms with Crippen molar-refractivity contribution >= 4 is 5.96 Å². The average Bonchev–Trinajstić information content (AvgIpc) is 2.78. The van der Waals surface area contributed by atoms with E-state index in [0.717, 1.165) is 31.8 Å². The Hall–Kier alpha value is -0.770. The first kappa shape index (κ1) is 15.3. The fraction of sp³-hybridized carbons (Fsp3) is 0.929. The lowest BCUT2D eigenvalue weighted by Gasteiger charge is -2.15. The summed E-state index contributed by atoms with van der Waals surface area (Å²) in [7, 11) is 0. The molecule has 0 aromatic rings. The molecule has 4 heteroatoms. The smallest absolute Gasteiger partial charge is 0.188 e. The van der Waals surface area contributed by atoms with Crippen LogP contribution in [0.2, 0.25) is 0 Å². The highest BCUT2D eigenvalue weighted by atomic mass is 16.5. The van der Waals surface area contributed by atoms with Gasteiger partial charge in [-0.3, -0.25) is 4.99 Å². The molecule has 0 aromatic carbocycles. The Morgan fingerprint density at radius 2 is 2.17 bits per heavy atom. The first-order chi connectivity index (χ1) is 8.58. The SMILES string of the molecule is CC(C)CCCC(C)NC(N)=NCC1CCCO1. The van der Waals surface area contributed by atoms with Gasteiger partial charge in [-0.25, -0.2) is 0 Å². The monoisotopic (exact) mass is 255 g/mol. The van der Waals surface area contributed by atoms with Gasteiger partial charge in [0.15, 0.2) is 5.96 Å². The largest absolute Gasteiger partial charge is 0.376 e. The van der Waals surface area contributed by atoms with Crippen LogP contribution >= 0.6 is 0 Å². The van der Waals surface area contributed by atoms with Gasteiger partial charge in [-0.15, -0.1) is 0 Å². The van der Waals surface area contributed by atoms with Crippen LogP contribution in [-0.4, -0.2) is 31.3 Å². The second-order valence-electron chi connectivity index (χ2n) is 5.73. The Morgan fingerprint density at radius 1 is 1.39 bits per heavy atom. The Balaban J connectivity index is 2.13. The lowest BCUT2D eigenvalue weighted by molar-refractivity contribution is 0.117. The minimum atomic E-state index is 0.279. The van der Waals surface area contributed by atoms with Crippen LogP contribution in [0, 0.1) is 5.92 Å². The molecule has 0 radical (unpaired) electrons. The van der Waals surface area contributed by atoms with E-state index in [4.69, 9.17) is 10.5 Å². The van der Waals surface area contributed by atoms with Crippen LogP contribution in [0.15, 0.2) is 4.99 Å². The van der Waals surface area contributed by atoms with E-state index in [1.165, 1.54) is 12.8 Å². The summed E-state index contributed by atoms with van der Waals surface area (Å²) in [5.41, 5.74) is 5.87. The first-order valence-corrected chi connectivity index (χ1v) is 7.26. The van der Waals surface area contributed by atoms with Crippen LogP contribution in [0.25, 0.3) is 0 Å². The van der Waals surface area contributed by atoms with E-state index in [1.54, 1.807) is 0 Å². The van der Waals surface area contributed by atoms with Gasteiger partial charge in [-0.05, 0) is 32.1 Å². The Morgan fingerprint density at radius 3 is 2.78 bits per heavy atom. The number of nitrogens with zero attached hydrogens (tertiary/aromatic N) is 1. The molecule has 0 amide bonds. The van der Waals surface area contributed by atoms with Gasteiger partial charge in [0.1, 0.15) is 0 Å². The van der Waals surface area contributed by atoms with Crippen molar-refractivity contribution in [2.24, 2.45) is 16.6 Å². The minimum absolute atomic E-state index is 0.279. The lowest BCUT2D eigenvalue weighted by Crippen LogP contribution is -2.39. The van der Waals surface area contributed by atoms with Crippen LogP contribution in [0.4, 0.5) is 0 Å². The molecule has 1 heterocycles. The fourth-order valence-electron chi connectivity index (χ4n) is 2.19. The highest BCUT2D eigenvalue weighted by Gasteiger charge is 2.14. The molecule has 0 aliphatic carbocycles. The van der Waals surface area contributed by atoms with Gasteiger partial charge < -0.3 is 15.8 Å². The van der Waals surface area contributed by atoms with E-state index < -0.39 is 0 Å². The van der Waals surface area contributed by atoms with Crippen molar-refractivity contribution < 1.29 is 4.74 Å². The molecule has 0 spiro atoms. The van der Waals surface area contributed by atoms with Gasteiger partial charge in [0.2, 0.25) is 0 Å². The molecular formula is C14H29N3O. The molecule has 18 heavy (non-hydrogen) atoms. The van der Waals surface area contributed by atoms with Crippen LogP contribution in [0.3, 0.4) is 0 Å². The summed E-state index contributed by atoms with van der Waals surface area (Å²) in [6.07, 6.45) is 6.21. The number of aliphatic imine (C=N–C) groups is 1. The van der Waals surface area contributed by atoms with E-state index in [0.29, 0.717) is 18.5 Å². The summed E-state index contributed by atoms with van der Waals surface area (Å²) in [6, 6.07) is 0.400. The topological polar surface area (TPSA) is 59.6 Å². The van der Waals surface area contributed by atoms with Gasteiger partial charge in [-0.1, -0.05) is 26.7 Å². The number of nitrogens with one attached hydrogen (secondary N) is 1. The first-order valence-electron chi connectivity index (χ1n) is 7.26. The molecule has 1 aliphatic rings. The molecule has 0 bridgehead atoms. The normalized spacial score (nSPS) is 22.4. The van der Waals surface area contributed by atoms with Crippen molar-refractivity contribution in [1.82, 2.24) is 5.32 Å². The van der Waals surface area contributed by atoms with Gasteiger partial charge >= 0.3 is 0 Å². The highest BCUT2D eigenvalue weighted by molar-refractivity contribution is 5.78. The summed E-state index contributed by atoms with van der Waals surface area (Å²) >= 11 is 0. The molecule has 1 fully saturated rings. The summed E-state index contributed by atoms with van der Waals surface area (Å²) in [4.78, 5) is 4.35. The molecule has 2 unspecified atom stereocenters. The van der Waals surface area contributed by atoms with Crippen molar-refractivity contribution in [2.45, 2.75) is 65.0 Å². The summed E-state index contributed by atoms with van der Waals surface area (Å²) < 4.78 is 5.51. The van der Waals surface area contributed by atoms with E-state index in [2.05, 4.69) is 31.1 Å². The number of guanidine groups is 1. The van der Waals surface area contributed by atoms with E-state index in [-0.39, 0.29) is 6.10 Å². The summed E-state index contributed by atoms with van der Waals surface area (Å²) in [6.45, 7) is 8.25. The number of nitrogens with two attached hydrogens (primary N) is 1. The minimum Gasteiger partial charge on any atom is -0.376 e. The molecular weight excluding hydrogens is 226 g/mol. The fourth-order valence-corrected chi connectivity index (χ4v) is 2.19. The van der Waals surface area contributed by atoms with Crippen molar-refractivity contribution in [3.05, 3.63) is 0 Å². The number of rotatable bonds is 7. The third kappa shape index (κ3) is 6.84. The van der Waals surface area contributed by atoms with Crippen LogP contribution in [0.5, 0.6) is 0 Å². The Labute approximate surface area is 111 Å². The van der Waals surface area contributed by atoms with E-state index >= 15 is 0 Å². The summed E-state index contributed by atoms with van der Waals surface area (Å²) in [5, 5.41) is 3.25. The molecule has 0 aromatic heterocycles. The third-order valence-electron chi connectivity index (χ3n) is 3.30. The van der Waals surface area contributed by atoms with Gasteiger partial charge in [-0.2, -0.15) is 0 Å². The number of ether oxygens (including phenoxy) is 1. The van der Waals surface area contributed by atoms with E-state index in [1.807, 2.05) is 0 Å². The maximum absolute atomic E-state index is 5.87. The molecule has 1 aliphatic heterocycles. The molecule has 106 valence electrons. The lowest BCUT2D eigenvalue weighted by atomic mass is 10.0. The van der Waals surface area contributed by atoms with Crippen LogP contribution in [-0.2, 0) is 4.74 Å². The molecule has 4 nitrogen and oxygen atoms in total. The standard InChI is InChI=1S/C14H29N3O/c1-11(2)6-4-7-12(3)17-14(15)16-10-13-8-5-9-18-13/h11-13H,4-10H2,1-3H3,(H3,15,16,17).